The van der Waals surface area contributed by atoms with E-state index in [2.05, 4.69) is 0 Å². The number of carbonyl (C=O) groups excluding carboxylic acids is 1. The molecule has 0 atom stereocenters. The highest BCUT2D eigenvalue weighted by atomic mass is 32.2. The van der Waals surface area contributed by atoms with E-state index in [1.54, 1.807) is 4.90 Å². The minimum absolute atomic E-state index is 0.0321. The Labute approximate surface area is 152 Å². The first kappa shape index (κ1) is 18.8. The van der Waals surface area contributed by atoms with Gasteiger partial charge in [0.15, 0.2) is 0 Å². The van der Waals surface area contributed by atoms with Crippen molar-refractivity contribution < 1.29 is 27.9 Å². The zero-order chi connectivity index (χ0) is 18.7. The Morgan fingerprint density at radius 1 is 1.08 bits per heavy atom. The molecule has 0 radical (unpaired) electrons. The minimum atomic E-state index is -3.77. The number of carboxylic acids is 1. The molecule has 142 valence electrons. The molecule has 1 aromatic rings. The van der Waals surface area contributed by atoms with Crippen LogP contribution in [0.25, 0.3) is 0 Å². The second-order valence-corrected chi connectivity index (χ2v) is 8.39. The van der Waals surface area contributed by atoms with Crippen LogP contribution in [0.2, 0.25) is 0 Å². The fourth-order valence-electron chi connectivity index (χ4n) is 3.32. The normalized spacial score (nSPS) is 20.1. The molecule has 26 heavy (non-hydrogen) atoms. The summed E-state index contributed by atoms with van der Waals surface area (Å²) < 4.78 is 32.1. The topological polar surface area (TPSA) is 104 Å². The maximum Gasteiger partial charge on any atom is 0.335 e. The largest absolute Gasteiger partial charge is 0.478 e. The van der Waals surface area contributed by atoms with Gasteiger partial charge in [-0.3, -0.25) is 4.79 Å². The van der Waals surface area contributed by atoms with E-state index in [4.69, 9.17) is 9.84 Å². The number of benzene rings is 1. The molecule has 1 amide bonds. The lowest BCUT2D eigenvalue weighted by Crippen LogP contribution is -2.47. The highest BCUT2D eigenvalue weighted by molar-refractivity contribution is 7.89. The summed E-state index contributed by atoms with van der Waals surface area (Å²) >= 11 is 0. The van der Waals surface area contributed by atoms with Gasteiger partial charge in [0, 0.05) is 32.1 Å². The SMILES string of the molecule is O=C(O)c1cccc(S(=O)(=O)N2CCC(C(=O)N3CCOCC3)CC2)c1. The van der Waals surface area contributed by atoms with Gasteiger partial charge in [-0.25, -0.2) is 13.2 Å². The second kappa shape index (κ2) is 7.73. The monoisotopic (exact) mass is 382 g/mol. The molecule has 8 nitrogen and oxygen atoms in total. The van der Waals surface area contributed by atoms with Crippen LogP contribution in [0.1, 0.15) is 23.2 Å². The van der Waals surface area contributed by atoms with Crippen molar-refractivity contribution in [3.8, 4) is 0 Å². The van der Waals surface area contributed by atoms with Crippen LogP contribution in [0, 0.1) is 5.92 Å². The van der Waals surface area contributed by atoms with E-state index in [-0.39, 0.29) is 35.4 Å². The molecule has 0 aliphatic carbocycles. The lowest BCUT2D eigenvalue weighted by atomic mass is 9.96. The first-order valence-corrected chi connectivity index (χ1v) is 10.0. The van der Waals surface area contributed by atoms with E-state index in [1.807, 2.05) is 0 Å². The van der Waals surface area contributed by atoms with Crippen molar-refractivity contribution in [1.29, 1.82) is 0 Å². The van der Waals surface area contributed by atoms with Crippen molar-refractivity contribution in [2.45, 2.75) is 17.7 Å². The first-order valence-electron chi connectivity index (χ1n) is 8.59. The predicted octanol–water partition coefficient (Wildman–Crippen LogP) is 0.644. The number of rotatable bonds is 4. The van der Waals surface area contributed by atoms with Gasteiger partial charge < -0.3 is 14.7 Å². The van der Waals surface area contributed by atoms with Crippen molar-refractivity contribution in [3.05, 3.63) is 29.8 Å². The van der Waals surface area contributed by atoms with Crippen molar-refractivity contribution in [2.24, 2.45) is 5.92 Å². The predicted molar refractivity (Wildman–Crippen MR) is 92.3 cm³/mol. The van der Waals surface area contributed by atoms with Gasteiger partial charge in [0.2, 0.25) is 15.9 Å². The van der Waals surface area contributed by atoms with E-state index < -0.39 is 16.0 Å². The molecule has 1 aromatic carbocycles. The molecule has 9 heteroatoms. The fraction of sp³-hybridized carbons (Fsp3) is 0.529. The maximum atomic E-state index is 12.8. The first-order chi connectivity index (χ1) is 12.4. The van der Waals surface area contributed by atoms with Crippen molar-refractivity contribution in [3.63, 3.8) is 0 Å². The van der Waals surface area contributed by atoms with Gasteiger partial charge in [0.05, 0.1) is 23.7 Å². The van der Waals surface area contributed by atoms with E-state index in [1.165, 1.54) is 28.6 Å². The Morgan fingerprint density at radius 2 is 1.73 bits per heavy atom. The number of hydrogen-bond donors (Lipinski definition) is 1. The van der Waals surface area contributed by atoms with Crippen LogP contribution in [0.4, 0.5) is 0 Å². The molecule has 2 aliphatic rings. The summed E-state index contributed by atoms with van der Waals surface area (Å²) in [4.78, 5) is 25.4. The van der Waals surface area contributed by atoms with Crippen LogP contribution in [0.5, 0.6) is 0 Å². The number of carboxylic acid groups (broad SMARTS) is 1. The summed E-state index contributed by atoms with van der Waals surface area (Å²) in [6, 6.07) is 5.34. The smallest absolute Gasteiger partial charge is 0.335 e. The highest BCUT2D eigenvalue weighted by Gasteiger charge is 2.34. The maximum absolute atomic E-state index is 12.8. The van der Waals surface area contributed by atoms with Gasteiger partial charge in [-0.1, -0.05) is 6.07 Å². The number of piperidine rings is 1. The number of morpholine rings is 1. The van der Waals surface area contributed by atoms with Gasteiger partial charge in [-0.15, -0.1) is 0 Å². The lowest BCUT2D eigenvalue weighted by Gasteiger charge is -2.35. The third-order valence-electron chi connectivity index (χ3n) is 4.84. The molecule has 0 aromatic heterocycles. The molecular formula is C17H22N2O6S. The third kappa shape index (κ3) is 3.89. The van der Waals surface area contributed by atoms with E-state index in [0.717, 1.165) is 0 Å². The zero-order valence-corrected chi connectivity index (χ0v) is 15.2. The molecule has 2 fully saturated rings. The van der Waals surface area contributed by atoms with Gasteiger partial charge in [0.1, 0.15) is 0 Å². The van der Waals surface area contributed by atoms with Gasteiger partial charge in [-0.05, 0) is 31.0 Å². The second-order valence-electron chi connectivity index (χ2n) is 6.45. The Kier molecular flexibility index (Phi) is 5.59. The average Bonchev–Trinajstić information content (AvgIpc) is 2.68. The standard InChI is InChI=1S/C17H22N2O6S/c20-16(18-8-10-25-11-9-18)13-4-6-19(7-5-13)26(23,24)15-3-1-2-14(12-15)17(21)22/h1-3,12-13H,4-11H2,(H,21,22). The van der Waals surface area contributed by atoms with Crippen molar-refractivity contribution in [1.82, 2.24) is 9.21 Å². The Bertz CT molecular complexity index is 780. The van der Waals surface area contributed by atoms with Gasteiger partial charge in [-0.2, -0.15) is 4.31 Å². The van der Waals surface area contributed by atoms with E-state index in [0.29, 0.717) is 39.1 Å². The molecule has 0 unspecified atom stereocenters. The number of ether oxygens (including phenoxy) is 1. The Balaban J connectivity index is 1.66. The number of hydrogen-bond acceptors (Lipinski definition) is 5. The fourth-order valence-corrected chi connectivity index (χ4v) is 4.84. The highest BCUT2D eigenvalue weighted by Crippen LogP contribution is 2.26. The molecule has 2 saturated heterocycles. The number of nitrogens with zero attached hydrogens (tertiary/aromatic N) is 2. The summed E-state index contributed by atoms with van der Waals surface area (Å²) in [7, 11) is -3.77. The minimum Gasteiger partial charge on any atom is -0.478 e. The van der Waals surface area contributed by atoms with Crippen LogP contribution < -0.4 is 0 Å². The molecule has 0 spiro atoms. The van der Waals surface area contributed by atoms with Crippen LogP contribution in [0.3, 0.4) is 0 Å². The van der Waals surface area contributed by atoms with Crippen molar-refractivity contribution >= 4 is 21.9 Å². The van der Waals surface area contributed by atoms with Crippen LogP contribution in [-0.2, 0) is 19.6 Å². The molecule has 3 rings (SSSR count). The average molecular weight is 382 g/mol. The summed E-state index contributed by atoms with van der Waals surface area (Å²) in [5.74, 6) is -1.28. The molecule has 2 aliphatic heterocycles. The number of carbonyl (C=O) groups is 2. The number of sulfonamides is 1. The summed E-state index contributed by atoms with van der Waals surface area (Å²) in [5, 5.41) is 9.05. The summed E-state index contributed by atoms with van der Waals surface area (Å²) in [6.07, 6.45) is 0.933. The quantitative estimate of drug-likeness (QED) is 0.820. The Hall–Kier alpha value is -1.97. The van der Waals surface area contributed by atoms with Crippen LogP contribution in [0.15, 0.2) is 29.2 Å². The number of aromatic carboxylic acids is 1. The molecular weight excluding hydrogens is 360 g/mol. The van der Waals surface area contributed by atoms with Crippen LogP contribution >= 0.6 is 0 Å². The zero-order valence-electron chi connectivity index (χ0n) is 14.3. The summed E-state index contributed by atoms with van der Waals surface area (Å²) in [6.45, 7) is 2.75. The molecule has 0 bridgehead atoms. The molecule has 0 saturated carbocycles. The summed E-state index contributed by atoms with van der Waals surface area (Å²) in [5.41, 5.74) is -0.0662. The van der Waals surface area contributed by atoms with E-state index in [9.17, 15) is 18.0 Å². The molecule has 1 N–H and O–H groups in total. The van der Waals surface area contributed by atoms with E-state index >= 15 is 0 Å². The van der Waals surface area contributed by atoms with Gasteiger partial charge in [0.25, 0.3) is 0 Å². The molecule has 2 heterocycles. The third-order valence-corrected chi connectivity index (χ3v) is 6.74. The van der Waals surface area contributed by atoms with Gasteiger partial charge >= 0.3 is 5.97 Å². The van der Waals surface area contributed by atoms with Crippen molar-refractivity contribution in [2.75, 3.05) is 39.4 Å². The van der Waals surface area contributed by atoms with Crippen LogP contribution in [-0.4, -0.2) is 74.0 Å². The lowest BCUT2D eigenvalue weighted by molar-refractivity contribution is -0.140. The Morgan fingerprint density at radius 3 is 2.35 bits per heavy atom. The number of amides is 1.